The second kappa shape index (κ2) is 5.81. The van der Waals surface area contributed by atoms with Crippen LogP contribution in [0.4, 0.5) is 5.69 Å². The summed E-state index contributed by atoms with van der Waals surface area (Å²) in [4.78, 5) is 8.03. The fourth-order valence-corrected chi connectivity index (χ4v) is 1.94. The van der Waals surface area contributed by atoms with Crippen molar-refractivity contribution in [1.82, 2.24) is 9.97 Å². The second-order valence-electron chi connectivity index (χ2n) is 3.42. The van der Waals surface area contributed by atoms with Crippen LogP contribution in [-0.4, -0.2) is 17.1 Å². The van der Waals surface area contributed by atoms with Gasteiger partial charge in [-0.25, -0.2) is 4.98 Å². The summed E-state index contributed by atoms with van der Waals surface area (Å²) >= 11 is 15.0. The first-order valence-corrected chi connectivity index (χ1v) is 6.55. The van der Waals surface area contributed by atoms with Crippen molar-refractivity contribution in [3.05, 3.63) is 32.8 Å². The topological polar surface area (TPSA) is 70.3 Å². The van der Waals surface area contributed by atoms with Crippen LogP contribution >= 0.6 is 39.1 Å². The van der Waals surface area contributed by atoms with Crippen LogP contribution in [0.5, 0.6) is 17.6 Å². The molecule has 2 N–H and O–H groups in total. The molecule has 0 saturated carbocycles. The predicted octanol–water partition coefficient (Wildman–Crippen LogP) is 3.93. The highest BCUT2D eigenvalue weighted by atomic mass is 79.9. The molecule has 0 aliphatic rings. The van der Waals surface area contributed by atoms with Crippen LogP contribution in [0.3, 0.4) is 0 Å². The van der Waals surface area contributed by atoms with Crippen LogP contribution < -0.4 is 15.2 Å². The molecule has 0 amide bonds. The van der Waals surface area contributed by atoms with Crippen LogP contribution in [-0.2, 0) is 0 Å². The van der Waals surface area contributed by atoms with Gasteiger partial charge in [0, 0.05) is 6.07 Å². The van der Waals surface area contributed by atoms with Gasteiger partial charge in [-0.1, -0.05) is 23.2 Å². The Hall–Kier alpha value is -1.24. The SMILES string of the molecule is COc1nc(Oc2cc(Cl)c(Cl)cc2N)ncc1Br. The van der Waals surface area contributed by atoms with E-state index in [9.17, 15) is 0 Å². The number of rotatable bonds is 3. The van der Waals surface area contributed by atoms with E-state index in [-0.39, 0.29) is 6.01 Å². The number of benzene rings is 1. The quantitative estimate of drug-likeness (QED) is 0.835. The molecule has 1 aromatic heterocycles. The number of aromatic nitrogens is 2. The second-order valence-corrected chi connectivity index (χ2v) is 5.08. The van der Waals surface area contributed by atoms with Gasteiger partial charge in [-0.3, -0.25) is 0 Å². The summed E-state index contributed by atoms with van der Waals surface area (Å²) in [5.41, 5.74) is 6.11. The molecule has 0 spiro atoms. The van der Waals surface area contributed by atoms with Gasteiger partial charge in [-0.2, -0.15) is 4.98 Å². The molecule has 0 fully saturated rings. The standard InChI is InChI=1S/C11H8BrCl2N3O2/c1-18-10-5(12)4-16-11(17-10)19-9-3-7(14)6(13)2-8(9)15/h2-4H,15H2,1H3. The highest BCUT2D eigenvalue weighted by Crippen LogP contribution is 2.34. The third kappa shape index (κ3) is 3.20. The van der Waals surface area contributed by atoms with Crippen molar-refractivity contribution < 1.29 is 9.47 Å². The van der Waals surface area contributed by atoms with Gasteiger partial charge < -0.3 is 15.2 Å². The monoisotopic (exact) mass is 363 g/mol. The molecule has 0 radical (unpaired) electrons. The van der Waals surface area contributed by atoms with Crippen molar-refractivity contribution in [2.75, 3.05) is 12.8 Å². The molecule has 2 aromatic rings. The van der Waals surface area contributed by atoms with E-state index in [1.165, 1.54) is 25.4 Å². The molecule has 5 nitrogen and oxygen atoms in total. The smallest absolute Gasteiger partial charge is 0.325 e. The van der Waals surface area contributed by atoms with Gasteiger partial charge in [0.15, 0.2) is 5.75 Å². The lowest BCUT2D eigenvalue weighted by Gasteiger charge is -2.09. The van der Waals surface area contributed by atoms with Crippen LogP contribution in [0, 0.1) is 0 Å². The van der Waals surface area contributed by atoms with Crippen LogP contribution in [0.25, 0.3) is 0 Å². The number of hydrogen-bond donors (Lipinski definition) is 1. The third-order valence-electron chi connectivity index (χ3n) is 2.14. The summed E-state index contributed by atoms with van der Waals surface area (Å²) < 4.78 is 11.1. The maximum absolute atomic E-state index is 5.90. The van der Waals surface area contributed by atoms with Crippen molar-refractivity contribution in [3.63, 3.8) is 0 Å². The molecule has 1 aromatic carbocycles. The molecule has 0 atom stereocenters. The Morgan fingerprint density at radius 1 is 1.26 bits per heavy atom. The Bertz CT molecular complexity index is 625. The first-order valence-electron chi connectivity index (χ1n) is 5.00. The zero-order valence-corrected chi connectivity index (χ0v) is 12.8. The largest absolute Gasteiger partial charge is 0.480 e. The van der Waals surface area contributed by atoms with Gasteiger partial charge in [0.05, 0.1) is 33.5 Å². The molecule has 1 heterocycles. The van der Waals surface area contributed by atoms with Crippen LogP contribution in [0.15, 0.2) is 22.8 Å². The Morgan fingerprint density at radius 2 is 1.95 bits per heavy atom. The number of methoxy groups -OCH3 is 1. The average Bonchev–Trinajstić information content (AvgIpc) is 2.38. The number of hydrogen-bond acceptors (Lipinski definition) is 5. The van der Waals surface area contributed by atoms with Crippen molar-refractivity contribution in [2.24, 2.45) is 0 Å². The summed E-state index contributed by atoms with van der Waals surface area (Å²) in [7, 11) is 1.49. The predicted molar refractivity (Wildman–Crippen MR) is 77.2 cm³/mol. The molecular weight excluding hydrogens is 357 g/mol. The van der Waals surface area contributed by atoms with E-state index in [0.717, 1.165) is 0 Å². The van der Waals surface area contributed by atoms with Gasteiger partial charge in [0.25, 0.3) is 0 Å². The molecule has 8 heteroatoms. The maximum atomic E-state index is 5.90. The number of nitrogen functional groups attached to an aromatic ring is 1. The molecular formula is C11H8BrCl2N3O2. The summed E-state index contributed by atoms with van der Waals surface area (Å²) in [5.74, 6) is 0.669. The summed E-state index contributed by atoms with van der Waals surface area (Å²) in [5, 5.41) is 0.677. The number of halogens is 3. The fourth-order valence-electron chi connectivity index (χ4n) is 1.26. The lowest BCUT2D eigenvalue weighted by molar-refractivity contribution is 0.374. The maximum Gasteiger partial charge on any atom is 0.325 e. The van der Waals surface area contributed by atoms with Crippen LogP contribution in [0.2, 0.25) is 10.0 Å². The number of anilines is 1. The van der Waals surface area contributed by atoms with E-state index in [1.807, 2.05) is 0 Å². The highest BCUT2D eigenvalue weighted by Gasteiger charge is 2.11. The minimum Gasteiger partial charge on any atom is -0.480 e. The molecule has 0 aliphatic carbocycles. The van der Waals surface area contributed by atoms with Gasteiger partial charge >= 0.3 is 6.01 Å². The first-order chi connectivity index (χ1) is 9.01. The van der Waals surface area contributed by atoms with E-state index >= 15 is 0 Å². The zero-order chi connectivity index (χ0) is 14.0. The third-order valence-corrected chi connectivity index (χ3v) is 3.40. The Balaban J connectivity index is 2.33. The van der Waals surface area contributed by atoms with E-state index in [2.05, 4.69) is 25.9 Å². The lowest BCUT2D eigenvalue weighted by atomic mass is 10.3. The molecule has 0 bridgehead atoms. The highest BCUT2D eigenvalue weighted by molar-refractivity contribution is 9.10. The summed E-state index contributed by atoms with van der Waals surface area (Å²) in [6.07, 6.45) is 1.51. The fraction of sp³-hybridized carbons (Fsp3) is 0.0909. The van der Waals surface area contributed by atoms with E-state index in [0.29, 0.717) is 31.8 Å². The summed E-state index contributed by atoms with van der Waals surface area (Å²) in [6.45, 7) is 0. The minimum atomic E-state index is 0.0881. The summed E-state index contributed by atoms with van der Waals surface area (Å²) in [6, 6.07) is 3.08. The minimum absolute atomic E-state index is 0.0881. The molecule has 0 unspecified atom stereocenters. The van der Waals surface area contributed by atoms with E-state index in [1.54, 1.807) is 0 Å². The van der Waals surface area contributed by atoms with Crippen LogP contribution in [0.1, 0.15) is 0 Å². The van der Waals surface area contributed by atoms with Gasteiger partial charge in [0.1, 0.15) is 0 Å². The van der Waals surface area contributed by atoms with E-state index < -0.39 is 0 Å². The molecule has 2 rings (SSSR count). The van der Waals surface area contributed by atoms with E-state index in [4.69, 9.17) is 38.4 Å². The normalized spacial score (nSPS) is 10.3. The zero-order valence-electron chi connectivity index (χ0n) is 9.65. The van der Waals surface area contributed by atoms with Gasteiger partial charge in [-0.15, -0.1) is 0 Å². The van der Waals surface area contributed by atoms with Gasteiger partial charge in [-0.05, 0) is 22.0 Å². The van der Waals surface area contributed by atoms with Crippen molar-refractivity contribution in [3.8, 4) is 17.6 Å². The first kappa shape index (κ1) is 14.2. The van der Waals surface area contributed by atoms with Gasteiger partial charge in [0.2, 0.25) is 5.88 Å². The molecule has 0 saturated heterocycles. The molecule has 100 valence electrons. The Labute approximate surface area is 127 Å². The number of nitrogens with two attached hydrogens (primary N) is 1. The van der Waals surface area contributed by atoms with Crippen molar-refractivity contribution in [1.29, 1.82) is 0 Å². The number of nitrogens with zero attached hydrogens (tertiary/aromatic N) is 2. The Morgan fingerprint density at radius 3 is 2.63 bits per heavy atom. The van der Waals surface area contributed by atoms with Crippen molar-refractivity contribution >= 4 is 44.8 Å². The molecule has 19 heavy (non-hydrogen) atoms. The Kier molecular flexibility index (Phi) is 4.34. The van der Waals surface area contributed by atoms with Crippen molar-refractivity contribution in [2.45, 2.75) is 0 Å². The lowest BCUT2D eigenvalue weighted by Crippen LogP contribution is -1.98. The average molecular weight is 365 g/mol. The number of ether oxygens (including phenoxy) is 2. The molecule has 0 aliphatic heterocycles.